The highest BCUT2D eigenvalue weighted by Gasteiger charge is 2.17. The number of hydrogen-bond acceptors (Lipinski definition) is 2. The minimum atomic E-state index is -0.221. The van der Waals surface area contributed by atoms with Crippen LogP contribution < -0.4 is 4.74 Å². The van der Waals surface area contributed by atoms with Crippen molar-refractivity contribution >= 4 is 11.6 Å². The lowest BCUT2D eigenvalue weighted by Gasteiger charge is -2.22. The van der Waals surface area contributed by atoms with Crippen molar-refractivity contribution in [2.45, 2.75) is 27.7 Å². The maximum absolute atomic E-state index is 9.12. The average molecular weight is 243 g/mol. The number of benzene rings is 1. The molecule has 0 radical (unpaired) electrons. The van der Waals surface area contributed by atoms with E-state index >= 15 is 0 Å². The Kier molecular flexibility index (Phi) is 4.22. The Hall–Kier alpha value is -0.730. The molecule has 0 fully saturated rings. The summed E-state index contributed by atoms with van der Waals surface area (Å²) < 4.78 is 5.66. The van der Waals surface area contributed by atoms with Crippen LogP contribution in [0.2, 0.25) is 5.02 Å². The minimum Gasteiger partial charge on any atom is -0.493 e. The van der Waals surface area contributed by atoms with Gasteiger partial charge in [0, 0.05) is 10.4 Å². The van der Waals surface area contributed by atoms with Crippen LogP contribution in [0.4, 0.5) is 0 Å². The number of rotatable bonds is 4. The summed E-state index contributed by atoms with van der Waals surface area (Å²) in [5, 5.41) is 9.91. The normalized spacial score (nSPS) is 11.6. The monoisotopic (exact) mass is 242 g/mol. The number of aliphatic hydroxyl groups excluding tert-OH is 1. The third-order valence-electron chi connectivity index (χ3n) is 2.47. The Morgan fingerprint density at radius 3 is 2.19 bits per heavy atom. The van der Waals surface area contributed by atoms with Gasteiger partial charge in [-0.15, -0.1) is 0 Å². The highest BCUT2D eigenvalue weighted by Crippen LogP contribution is 2.27. The van der Waals surface area contributed by atoms with E-state index in [1.807, 2.05) is 39.8 Å². The van der Waals surface area contributed by atoms with Gasteiger partial charge in [0.05, 0.1) is 13.2 Å². The fourth-order valence-corrected chi connectivity index (χ4v) is 1.42. The lowest BCUT2D eigenvalue weighted by molar-refractivity contribution is 0.0975. The zero-order valence-electron chi connectivity index (χ0n) is 10.3. The van der Waals surface area contributed by atoms with Crippen LogP contribution >= 0.6 is 11.6 Å². The number of ether oxygens (including phenoxy) is 1. The molecule has 0 bridgehead atoms. The third-order valence-corrected chi connectivity index (χ3v) is 3.06. The second-order valence-electron chi connectivity index (χ2n) is 4.98. The fourth-order valence-electron chi connectivity index (χ4n) is 1.31. The summed E-state index contributed by atoms with van der Waals surface area (Å²) >= 11 is 6.07. The Bertz CT molecular complexity index is 349. The number of aliphatic hydroxyl groups is 1. The summed E-state index contributed by atoms with van der Waals surface area (Å²) in [5.41, 5.74) is 1.80. The van der Waals surface area contributed by atoms with Crippen molar-refractivity contribution in [3.8, 4) is 5.75 Å². The topological polar surface area (TPSA) is 29.5 Å². The summed E-state index contributed by atoms with van der Waals surface area (Å²) in [6.45, 7) is 8.44. The summed E-state index contributed by atoms with van der Waals surface area (Å²) in [6.07, 6.45) is 0. The molecular weight excluding hydrogens is 224 g/mol. The Morgan fingerprint density at radius 1 is 1.25 bits per heavy atom. The first-order valence-electron chi connectivity index (χ1n) is 5.36. The van der Waals surface area contributed by atoms with Crippen molar-refractivity contribution < 1.29 is 9.84 Å². The average Bonchev–Trinajstić information content (AvgIpc) is 2.23. The summed E-state index contributed by atoms with van der Waals surface area (Å²) in [4.78, 5) is 0. The van der Waals surface area contributed by atoms with Crippen molar-refractivity contribution in [2.75, 3.05) is 13.2 Å². The van der Waals surface area contributed by atoms with Crippen LogP contribution in [-0.4, -0.2) is 18.3 Å². The van der Waals surface area contributed by atoms with Gasteiger partial charge in [-0.25, -0.2) is 0 Å². The molecule has 3 heteroatoms. The van der Waals surface area contributed by atoms with Crippen LogP contribution in [0.5, 0.6) is 5.75 Å². The Labute approximate surface area is 102 Å². The van der Waals surface area contributed by atoms with E-state index < -0.39 is 0 Å². The van der Waals surface area contributed by atoms with Gasteiger partial charge in [-0.2, -0.15) is 0 Å². The molecule has 1 rings (SSSR count). The molecule has 16 heavy (non-hydrogen) atoms. The summed E-state index contributed by atoms with van der Waals surface area (Å²) in [5.74, 6) is 0.806. The molecule has 1 aromatic rings. The molecule has 0 aliphatic carbocycles. The maximum atomic E-state index is 9.12. The predicted octanol–water partition coefficient (Wildman–Crippen LogP) is 3.35. The fraction of sp³-hybridized carbons (Fsp3) is 0.538. The van der Waals surface area contributed by atoms with Crippen LogP contribution in [-0.2, 0) is 0 Å². The molecule has 0 heterocycles. The maximum Gasteiger partial charge on any atom is 0.119 e. The number of halogens is 1. The van der Waals surface area contributed by atoms with Gasteiger partial charge in [0.15, 0.2) is 0 Å². The molecule has 1 aromatic carbocycles. The quantitative estimate of drug-likeness (QED) is 0.878. The second kappa shape index (κ2) is 5.07. The molecule has 1 N–H and O–H groups in total. The third kappa shape index (κ3) is 3.39. The Balaban J connectivity index is 2.76. The summed E-state index contributed by atoms with van der Waals surface area (Å²) in [6, 6.07) is 3.84. The van der Waals surface area contributed by atoms with Crippen molar-refractivity contribution in [1.29, 1.82) is 0 Å². The second-order valence-corrected chi connectivity index (χ2v) is 5.36. The summed E-state index contributed by atoms with van der Waals surface area (Å²) in [7, 11) is 0. The smallest absolute Gasteiger partial charge is 0.119 e. The van der Waals surface area contributed by atoms with Crippen LogP contribution in [0.3, 0.4) is 0 Å². The van der Waals surface area contributed by atoms with Gasteiger partial charge < -0.3 is 9.84 Å². The molecule has 90 valence electrons. The predicted molar refractivity (Wildman–Crippen MR) is 67.3 cm³/mol. The molecule has 0 aliphatic heterocycles. The number of hydrogen-bond donors (Lipinski definition) is 1. The molecule has 0 aliphatic rings. The lowest BCUT2D eigenvalue weighted by Crippen LogP contribution is -2.25. The van der Waals surface area contributed by atoms with E-state index in [1.165, 1.54) is 0 Å². The van der Waals surface area contributed by atoms with E-state index in [-0.39, 0.29) is 12.0 Å². The molecule has 2 nitrogen and oxygen atoms in total. The largest absolute Gasteiger partial charge is 0.493 e. The van der Waals surface area contributed by atoms with Crippen molar-refractivity contribution in [2.24, 2.45) is 5.41 Å². The van der Waals surface area contributed by atoms with Gasteiger partial charge in [0.2, 0.25) is 0 Å². The zero-order chi connectivity index (χ0) is 12.3. The van der Waals surface area contributed by atoms with E-state index in [9.17, 15) is 0 Å². The SMILES string of the molecule is Cc1cc(OCC(C)(C)CO)cc(C)c1Cl. The first kappa shape index (κ1) is 13.3. The van der Waals surface area contributed by atoms with Crippen LogP contribution in [0.1, 0.15) is 25.0 Å². The first-order valence-corrected chi connectivity index (χ1v) is 5.74. The first-order chi connectivity index (χ1) is 7.35. The van der Waals surface area contributed by atoms with E-state index in [4.69, 9.17) is 21.4 Å². The van der Waals surface area contributed by atoms with Crippen LogP contribution in [0.25, 0.3) is 0 Å². The molecular formula is C13H19ClO2. The van der Waals surface area contributed by atoms with Gasteiger partial charge in [-0.1, -0.05) is 25.4 Å². The van der Waals surface area contributed by atoms with Crippen LogP contribution in [0, 0.1) is 19.3 Å². The van der Waals surface area contributed by atoms with E-state index in [2.05, 4.69) is 0 Å². The van der Waals surface area contributed by atoms with E-state index in [0.717, 1.165) is 21.9 Å². The van der Waals surface area contributed by atoms with Crippen molar-refractivity contribution in [1.82, 2.24) is 0 Å². The molecule has 0 aromatic heterocycles. The van der Waals surface area contributed by atoms with Gasteiger partial charge in [-0.3, -0.25) is 0 Å². The molecule has 0 spiro atoms. The number of aryl methyl sites for hydroxylation is 2. The van der Waals surface area contributed by atoms with Gasteiger partial charge in [0.25, 0.3) is 0 Å². The lowest BCUT2D eigenvalue weighted by atomic mass is 9.96. The van der Waals surface area contributed by atoms with E-state index in [1.54, 1.807) is 0 Å². The minimum absolute atomic E-state index is 0.110. The highest BCUT2D eigenvalue weighted by atomic mass is 35.5. The highest BCUT2D eigenvalue weighted by molar-refractivity contribution is 6.32. The molecule has 0 atom stereocenters. The van der Waals surface area contributed by atoms with Gasteiger partial charge in [-0.05, 0) is 37.1 Å². The van der Waals surface area contributed by atoms with Crippen molar-refractivity contribution in [3.63, 3.8) is 0 Å². The molecule has 0 saturated carbocycles. The zero-order valence-corrected chi connectivity index (χ0v) is 11.1. The Morgan fingerprint density at radius 2 is 1.75 bits per heavy atom. The van der Waals surface area contributed by atoms with Gasteiger partial charge >= 0.3 is 0 Å². The van der Waals surface area contributed by atoms with Crippen LogP contribution in [0.15, 0.2) is 12.1 Å². The molecule has 0 unspecified atom stereocenters. The standard InChI is InChI=1S/C13H19ClO2/c1-9-5-11(6-10(2)12(9)14)16-8-13(3,4)7-15/h5-6,15H,7-8H2,1-4H3. The van der Waals surface area contributed by atoms with E-state index in [0.29, 0.717) is 6.61 Å². The molecule has 0 saturated heterocycles. The van der Waals surface area contributed by atoms with Crippen molar-refractivity contribution in [3.05, 3.63) is 28.3 Å². The van der Waals surface area contributed by atoms with Gasteiger partial charge in [0.1, 0.15) is 5.75 Å². The molecule has 0 amide bonds.